The SMILES string of the molecule is C.CN(C)C(=O)c1ccco1.Cc1cc(F)c(N)cc1SCC(F)(F)F.Cc1cc(F)c(N=C(c2ccco2)N(C)C)cc1SCC(F)(F)F. The van der Waals surface area contributed by atoms with E-state index in [0.29, 0.717) is 61.8 Å². The zero-order chi connectivity index (χ0) is 37.1. The van der Waals surface area contributed by atoms with Crippen molar-refractivity contribution < 1.29 is 48.8 Å². The van der Waals surface area contributed by atoms with E-state index in [1.54, 1.807) is 71.2 Å². The molecule has 7 nitrogen and oxygen atoms in total. The highest BCUT2D eigenvalue weighted by atomic mass is 32.2. The van der Waals surface area contributed by atoms with E-state index in [1.807, 2.05) is 0 Å². The minimum atomic E-state index is -4.29. The van der Waals surface area contributed by atoms with Gasteiger partial charge in [-0.15, -0.1) is 23.5 Å². The number of alkyl halides is 6. The number of halogens is 8. The Labute approximate surface area is 293 Å². The lowest BCUT2D eigenvalue weighted by molar-refractivity contribution is -0.106. The Morgan fingerprint density at radius 1 is 0.760 bits per heavy atom. The van der Waals surface area contributed by atoms with Crippen LogP contribution in [0.5, 0.6) is 0 Å². The second kappa shape index (κ2) is 19.3. The summed E-state index contributed by atoms with van der Waals surface area (Å²) >= 11 is 1.22. The Balaban J connectivity index is 0.000000410. The lowest BCUT2D eigenvalue weighted by Crippen LogP contribution is -2.22. The number of amidine groups is 1. The summed E-state index contributed by atoms with van der Waals surface area (Å²) in [5.74, 6) is -2.17. The van der Waals surface area contributed by atoms with Crippen molar-refractivity contribution in [1.29, 1.82) is 0 Å². The third-order valence-electron chi connectivity index (χ3n) is 5.85. The summed E-state index contributed by atoms with van der Waals surface area (Å²) in [4.78, 5) is 19.1. The van der Waals surface area contributed by atoms with Crippen molar-refractivity contribution in [2.75, 3.05) is 45.4 Å². The van der Waals surface area contributed by atoms with Gasteiger partial charge < -0.3 is 24.4 Å². The van der Waals surface area contributed by atoms with Crippen molar-refractivity contribution in [3.05, 3.63) is 95.3 Å². The van der Waals surface area contributed by atoms with Gasteiger partial charge in [-0.3, -0.25) is 4.79 Å². The summed E-state index contributed by atoms with van der Waals surface area (Å²) in [6, 6.07) is 11.5. The van der Waals surface area contributed by atoms with E-state index in [4.69, 9.17) is 14.6 Å². The van der Waals surface area contributed by atoms with Crippen LogP contribution in [0.3, 0.4) is 0 Å². The molecule has 0 fully saturated rings. The van der Waals surface area contributed by atoms with E-state index < -0.39 is 35.5 Å². The molecule has 2 aromatic heterocycles. The maximum absolute atomic E-state index is 14.2. The number of aryl methyl sites for hydroxylation is 2. The lowest BCUT2D eigenvalue weighted by atomic mass is 10.2. The summed E-state index contributed by atoms with van der Waals surface area (Å²) in [6.07, 6.45) is -5.58. The molecule has 2 heterocycles. The summed E-state index contributed by atoms with van der Waals surface area (Å²) in [6.45, 7) is 3.11. The van der Waals surface area contributed by atoms with Crippen molar-refractivity contribution >= 4 is 46.6 Å². The van der Waals surface area contributed by atoms with Gasteiger partial charge in [-0.1, -0.05) is 7.43 Å². The number of nitrogens with zero attached hydrogens (tertiary/aromatic N) is 3. The molecule has 4 rings (SSSR count). The monoisotopic (exact) mass is 754 g/mol. The molecule has 4 aromatic rings. The summed E-state index contributed by atoms with van der Waals surface area (Å²) < 4.78 is 110. The molecule has 0 unspecified atom stereocenters. The van der Waals surface area contributed by atoms with Crippen LogP contribution in [0, 0.1) is 25.5 Å². The fraction of sp³-hybridized carbons (Fsp3) is 0.333. The van der Waals surface area contributed by atoms with Crippen molar-refractivity contribution in [3.63, 3.8) is 0 Å². The van der Waals surface area contributed by atoms with E-state index in [9.17, 15) is 39.9 Å². The van der Waals surface area contributed by atoms with Crippen LogP contribution in [-0.2, 0) is 0 Å². The highest BCUT2D eigenvalue weighted by molar-refractivity contribution is 7.99. The van der Waals surface area contributed by atoms with E-state index in [2.05, 4.69) is 4.99 Å². The van der Waals surface area contributed by atoms with Gasteiger partial charge in [0.05, 0.1) is 29.7 Å². The number of benzene rings is 2. The number of hydrogen-bond acceptors (Lipinski definition) is 7. The van der Waals surface area contributed by atoms with E-state index in [1.165, 1.54) is 35.6 Å². The minimum absolute atomic E-state index is 0. The van der Waals surface area contributed by atoms with Crippen LogP contribution in [0.1, 0.15) is 34.9 Å². The molecular weight excluding hydrogens is 717 g/mol. The molecule has 276 valence electrons. The van der Waals surface area contributed by atoms with Crippen LogP contribution in [-0.4, -0.2) is 73.6 Å². The Bertz CT molecular complexity index is 1670. The fourth-order valence-electron chi connectivity index (χ4n) is 3.54. The molecule has 0 saturated carbocycles. The van der Waals surface area contributed by atoms with Gasteiger partial charge in [-0.25, -0.2) is 13.8 Å². The first-order chi connectivity index (χ1) is 22.7. The van der Waals surface area contributed by atoms with Crippen molar-refractivity contribution in [1.82, 2.24) is 9.80 Å². The number of carbonyl (C=O) groups is 1. The van der Waals surface area contributed by atoms with Gasteiger partial charge in [0.15, 0.2) is 17.4 Å². The second-order valence-corrected chi connectivity index (χ2v) is 12.5. The molecule has 17 heteroatoms. The molecule has 0 aliphatic carbocycles. The highest BCUT2D eigenvalue weighted by Gasteiger charge is 2.28. The lowest BCUT2D eigenvalue weighted by Gasteiger charge is -2.15. The second-order valence-electron chi connectivity index (χ2n) is 10.5. The van der Waals surface area contributed by atoms with E-state index >= 15 is 0 Å². The molecule has 0 aliphatic rings. The third kappa shape index (κ3) is 14.8. The van der Waals surface area contributed by atoms with Crippen molar-refractivity contribution in [2.45, 2.75) is 43.4 Å². The maximum atomic E-state index is 14.2. The minimum Gasteiger partial charge on any atom is -0.461 e. The van der Waals surface area contributed by atoms with E-state index in [-0.39, 0.29) is 24.7 Å². The maximum Gasteiger partial charge on any atom is 0.398 e. The number of thioether (sulfide) groups is 2. The standard InChI is InChI=1S/C16H16F4N2OS.C9H9F4NS.C7H9NO2.CH4/c1-10-7-11(17)12(8-14(10)24-9-16(18,19)20)21-15(22(2)3)13-5-4-6-23-13;1-5-2-6(10)7(14)3-8(5)15-4-9(11,12)13;1-8(2)7(9)6-4-3-5-10-6;/h4-8H,9H2,1-3H3;2-3H,4,14H2,1H3;3-5H,1-2H3;1H4. The molecule has 2 N–H and O–H groups in total. The summed E-state index contributed by atoms with van der Waals surface area (Å²) in [5.41, 5.74) is 5.98. The van der Waals surface area contributed by atoms with Gasteiger partial charge in [0.2, 0.25) is 0 Å². The fourth-order valence-corrected chi connectivity index (χ4v) is 5.16. The largest absolute Gasteiger partial charge is 0.461 e. The Kier molecular flexibility index (Phi) is 17.0. The summed E-state index contributed by atoms with van der Waals surface area (Å²) in [5, 5.41) is 0. The molecule has 50 heavy (non-hydrogen) atoms. The summed E-state index contributed by atoms with van der Waals surface area (Å²) in [7, 11) is 6.80. The topological polar surface area (TPSA) is 88.2 Å². The number of anilines is 1. The molecule has 0 radical (unpaired) electrons. The molecule has 0 saturated heterocycles. The quantitative estimate of drug-likeness (QED) is 0.0661. The number of nitrogen functional groups attached to an aromatic ring is 1. The number of rotatable bonds is 7. The van der Waals surface area contributed by atoms with Gasteiger partial charge in [-0.05, 0) is 73.5 Å². The molecule has 2 aromatic carbocycles. The highest BCUT2D eigenvalue weighted by Crippen LogP contribution is 2.34. The van der Waals surface area contributed by atoms with Crippen LogP contribution >= 0.6 is 23.5 Å². The molecule has 0 bridgehead atoms. The zero-order valence-electron chi connectivity index (χ0n) is 27.2. The molecule has 1 amide bonds. The van der Waals surface area contributed by atoms with Gasteiger partial charge in [0.25, 0.3) is 5.91 Å². The van der Waals surface area contributed by atoms with E-state index in [0.717, 1.165) is 6.07 Å². The Morgan fingerprint density at radius 2 is 1.22 bits per heavy atom. The van der Waals surface area contributed by atoms with Gasteiger partial charge in [0.1, 0.15) is 17.3 Å². The van der Waals surface area contributed by atoms with Crippen molar-refractivity contribution in [3.8, 4) is 0 Å². The molecule has 0 atom stereocenters. The first kappa shape index (κ1) is 43.9. The predicted molar refractivity (Wildman–Crippen MR) is 182 cm³/mol. The Morgan fingerprint density at radius 3 is 1.64 bits per heavy atom. The van der Waals surface area contributed by atoms with Crippen LogP contribution in [0.4, 0.5) is 46.5 Å². The van der Waals surface area contributed by atoms with Crippen LogP contribution in [0.25, 0.3) is 0 Å². The van der Waals surface area contributed by atoms with Crippen LogP contribution < -0.4 is 5.73 Å². The Hall–Kier alpha value is -4.12. The first-order valence-electron chi connectivity index (χ1n) is 14.0. The third-order valence-corrected chi connectivity index (χ3v) is 8.30. The number of nitrogens with two attached hydrogens (primary N) is 1. The number of aliphatic imine (C=N–C) groups is 1. The zero-order valence-corrected chi connectivity index (χ0v) is 28.8. The predicted octanol–water partition coefficient (Wildman–Crippen LogP) is 10.0. The number of furan rings is 2. The van der Waals surface area contributed by atoms with Gasteiger partial charge >= 0.3 is 12.4 Å². The first-order valence-corrected chi connectivity index (χ1v) is 16.0. The molecule has 0 aliphatic heterocycles. The average Bonchev–Trinajstić information content (AvgIpc) is 3.72. The van der Waals surface area contributed by atoms with Gasteiger partial charge in [0, 0.05) is 38.0 Å². The number of carbonyl (C=O) groups excluding carboxylic acids is 1. The van der Waals surface area contributed by atoms with Crippen LogP contribution in [0.15, 0.2) is 84.7 Å². The van der Waals surface area contributed by atoms with Gasteiger partial charge in [-0.2, -0.15) is 26.3 Å². The van der Waals surface area contributed by atoms with Crippen molar-refractivity contribution in [2.24, 2.45) is 4.99 Å². The average molecular weight is 755 g/mol. The number of amides is 1. The normalized spacial score (nSPS) is 11.4. The number of hydrogen-bond donors (Lipinski definition) is 1. The smallest absolute Gasteiger partial charge is 0.398 e. The molecule has 0 spiro atoms. The molecular formula is C33H38F8N4O3S2. The van der Waals surface area contributed by atoms with Crippen LogP contribution in [0.2, 0.25) is 0 Å².